The molecular weight excluding hydrogens is 477 g/mol. The first-order chi connectivity index (χ1) is 16.3. The number of nitrogens with one attached hydrogen (secondary N) is 1. The Morgan fingerprint density at radius 2 is 1.97 bits per heavy atom. The Balaban J connectivity index is 1.55. The number of ether oxygens (including phenoxy) is 2. The van der Waals surface area contributed by atoms with E-state index in [1.165, 1.54) is 0 Å². The summed E-state index contributed by atoms with van der Waals surface area (Å²) in [6, 6.07) is 12.1. The Morgan fingerprint density at radius 1 is 1.21 bits per heavy atom. The van der Waals surface area contributed by atoms with Crippen molar-refractivity contribution in [3.05, 3.63) is 81.1 Å². The van der Waals surface area contributed by atoms with Crippen molar-refractivity contribution in [1.29, 1.82) is 0 Å². The molecule has 7 nitrogen and oxygen atoms in total. The molecule has 1 N–H and O–H groups in total. The van der Waals surface area contributed by atoms with Crippen LogP contribution in [0.15, 0.2) is 54.2 Å². The van der Waals surface area contributed by atoms with Crippen LogP contribution in [0.25, 0.3) is 17.7 Å². The van der Waals surface area contributed by atoms with Crippen molar-refractivity contribution < 1.29 is 19.1 Å². The third-order valence-electron chi connectivity index (χ3n) is 5.02. The van der Waals surface area contributed by atoms with Gasteiger partial charge in [-0.1, -0.05) is 35.3 Å². The first-order valence-corrected chi connectivity index (χ1v) is 11.2. The van der Waals surface area contributed by atoms with Crippen LogP contribution in [0.1, 0.15) is 23.7 Å². The number of aromatic nitrogens is 2. The van der Waals surface area contributed by atoms with E-state index >= 15 is 0 Å². The van der Waals surface area contributed by atoms with Crippen molar-refractivity contribution in [3.8, 4) is 5.75 Å². The first-order valence-electron chi connectivity index (χ1n) is 10.5. The molecule has 4 rings (SSSR count). The van der Waals surface area contributed by atoms with E-state index in [4.69, 9.17) is 32.7 Å². The number of anilines is 1. The largest absolute Gasteiger partial charge is 0.488 e. The van der Waals surface area contributed by atoms with E-state index in [0.717, 1.165) is 5.56 Å². The summed E-state index contributed by atoms with van der Waals surface area (Å²) in [5.41, 5.74) is 3.13. The molecule has 0 fully saturated rings. The van der Waals surface area contributed by atoms with Gasteiger partial charge in [0.15, 0.2) is 0 Å². The van der Waals surface area contributed by atoms with Crippen molar-refractivity contribution in [1.82, 2.24) is 9.78 Å². The number of halogens is 2. The van der Waals surface area contributed by atoms with E-state index in [9.17, 15) is 9.59 Å². The first kappa shape index (κ1) is 23.6. The molecule has 0 atom stereocenters. The normalized spacial score (nSPS) is 12.9. The van der Waals surface area contributed by atoms with Crippen molar-refractivity contribution in [2.45, 2.75) is 6.92 Å². The van der Waals surface area contributed by atoms with Gasteiger partial charge >= 0.3 is 5.97 Å². The van der Waals surface area contributed by atoms with Crippen LogP contribution in [-0.4, -0.2) is 34.9 Å². The van der Waals surface area contributed by atoms with Crippen molar-refractivity contribution in [3.63, 3.8) is 0 Å². The number of carbonyl (C=O) groups is 2. The molecule has 34 heavy (non-hydrogen) atoms. The maximum atomic E-state index is 12.8. The molecule has 3 aromatic rings. The third kappa shape index (κ3) is 5.32. The van der Waals surface area contributed by atoms with Gasteiger partial charge in [-0.25, -0.2) is 4.79 Å². The fourth-order valence-corrected chi connectivity index (χ4v) is 3.82. The second-order valence-corrected chi connectivity index (χ2v) is 8.33. The predicted molar refractivity (Wildman–Crippen MR) is 133 cm³/mol. The van der Waals surface area contributed by atoms with Crippen LogP contribution in [-0.2, 0) is 21.4 Å². The molecule has 9 heteroatoms. The number of nitrogens with zero attached hydrogens (tertiary/aromatic N) is 2. The summed E-state index contributed by atoms with van der Waals surface area (Å²) in [6.45, 7) is 2.11. The average molecular weight is 498 g/mol. The van der Waals surface area contributed by atoms with Crippen LogP contribution >= 0.6 is 23.2 Å². The topological polar surface area (TPSA) is 82.5 Å². The van der Waals surface area contributed by atoms with E-state index in [0.29, 0.717) is 43.9 Å². The van der Waals surface area contributed by atoms with Gasteiger partial charge in [-0.3, -0.25) is 9.48 Å². The highest BCUT2D eigenvalue weighted by atomic mass is 35.5. The van der Waals surface area contributed by atoms with E-state index in [1.807, 2.05) is 0 Å². The summed E-state index contributed by atoms with van der Waals surface area (Å²) in [5, 5.41) is 8.09. The lowest BCUT2D eigenvalue weighted by Crippen LogP contribution is -2.21. The smallest absolute Gasteiger partial charge is 0.338 e. The molecular formula is C25H21Cl2N3O4. The van der Waals surface area contributed by atoms with Gasteiger partial charge in [0, 0.05) is 29.5 Å². The zero-order valence-corrected chi connectivity index (χ0v) is 20.0. The monoisotopic (exact) mass is 497 g/mol. The number of amides is 1. The minimum absolute atomic E-state index is 0.152. The number of aryl methyl sites for hydroxylation is 1. The summed E-state index contributed by atoms with van der Waals surface area (Å²) in [4.78, 5) is 25.3. The van der Waals surface area contributed by atoms with Gasteiger partial charge in [-0.15, -0.1) is 0 Å². The maximum Gasteiger partial charge on any atom is 0.338 e. The molecule has 0 saturated heterocycles. The van der Waals surface area contributed by atoms with Crippen LogP contribution in [0, 0.1) is 0 Å². The highest BCUT2D eigenvalue weighted by Gasteiger charge is 2.19. The Bertz CT molecular complexity index is 1310. The number of rotatable bonds is 6. The minimum Gasteiger partial charge on any atom is -0.488 e. The van der Waals surface area contributed by atoms with Gasteiger partial charge in [-0.05, 0) is 55.0 Å². The van der Waals surface area contributed by atoms with Crippen LogP contribution in [0.2, 0.25) is 10.0 Å². The van der Waals surface area contributed by atoms with Gasteiger partial charge in [0.2, 0.25) is 0 Å². The number of benzene rings is 2. The van der Waals surface area contributed by atoms with Crippen LogP contribution < -0.4 is 10.1 Å². The van der Waals surface area contributed by atoms with Gasteiger partial charge in [0.25, 0.3) is 5.91 Å². The van der Waals surface area contributed by atoms with E-state index in [-0.39, 0.29) is 19.1 Å². The van der Waals surface area contributed by atoms with E-state index < -0.39 is 5.97 Å². The lowest BCUT2D eigenvalue weighted by Gasteiger charge is -2.18. The van der Waals surface area contributed by atoms with Gasteiger partial charge in [0.05, 0.1) is 22.8 Å². The molecule has 1 aromatic heterocycles. The molecule has 0 saturated carbocycles. The summed E-state index contributed by atoms with van der Waals surface area (Å²) in [6.07, 6.45) is 4.98. The Labute approximate surface area is 206 Å². The fraction of sp³-hybridized carbons (Fsp3) is 0.160. The number of esters is 1. The van der Waals surface area contributed by atoms with Crippen molar-refractivity contribution >= 4 is 58.5 Å². The van der Waals surface area contributed by atoms with Gasteiger partial charge in [0.1, 0.15) is 18.1 Å². The summed E-state index contributed by atoms with van der Waals surface area (Å²) in [7, 11) is 1.74. The molecule has 0 aliphatic carbocycles. The SMILES string of the molecule is CCOC(=O)C(=Cc1nn(C)cc1Cl)c1ccc(NC(=O)C2=Cc3cc(Cl)ccc3OC2)cc1. The maximum absolute atomic E-state index is 12.8. The Morgan fingerprint density at radius 3 is 2.65 bits per heavy atom. The standard InChI is InChI=1S/C25H21Cl2N3O4/c1-3-33-25(32)20(12-22-21(27)13-30(2)29-22)15-4-7-19(8-5-15)28-24(31)17-10-16-11-18(26)6-9-23(16)34-14-17/h4-13H,3,14H2,1-2H3,(H,28,31). The minimum atomic E-state index is -0.497. The number of hydrogen-bond donors (Lipinski definition) is 1. The second kappa shape index (κ2) is 10.2. The van der Waals surface area contributed by atoms with Crippen LogP contribution in [0.5, 0.6) is 5.75 Å². The number of fused-ring (bicyclic) bond motifs is 1. The summed E-state index contributed by atoms with van der Waals surface area (Å²) in [5.74, 6) is -0.112. The molecule has 1 aliphatic heterocycles. The van der Waals surface area contributed by atoms with E-state index in [1.54, 1.807) is 79.5 Å². The molecule has 0 unspecified atom stereocenters. The lowest BCUT2D eigenvalue weighted by atomic mass is 10.0. The average Bonchev–Trinajstić information content (AvgIpc) is 3.14. The molecule has 2 aromatic carbocycles. The highest BCUT2D eigenvalue weighted by Crippen LogP contribution is 2.30. The van der Waals surface area contributed by atoms with Crippen molar-refractivity contribution in [2.24, 2.45) is 7.05 Å². The van der Waals surface area contributed by atoms with Gasteiger partial charge < -0.3 is 14.8 Å². The second-order valence-electron chi connectivity index (χ2n) is 7.49. The predicted octanol–water partition coefficient (Wildman–Crippen LogP) is 5.25. The number of carbonyl (C=O) groups excluding carboxylic acids is 2. The highest BCUT2D eigenvalue weighted by molar-refractivity contribution is 6.33. The molecule has 1 aliphatic rings. The Kier molecular flexibility index (Phi) is 7.05. The summed E-state index contributed by atoms with van der Waals surface area (Å²) >= 11 is 12.2. The third-order valence-corrected chi connectivity index (χ3v) is 5.54. The number of hydrogen-bond acceptors (Lipinski definition) is 5. The summed E-state index contributed by atoms with van der Waals surface area (Å²) < 4.78 is 12.4. The quantitative estimate of drug-likeness (QED) is 0.371. The molecule has 1 amide bonds. The van der Waals surface area contributed by atoms with Crippen LogP contribution in [0.3, 0.4) is 0 Å². The lowest BCUT2D eigenvalue weighted by molar-refractivity contribution is -0.136. The van der Waals surface area contributed by atoms with E-state index in [2.05, 4.69) is 10.4 Å². The van der Waals surface area contributed by atoms with Crippen molar-refractivity contribution in [2.75, 3.05) is 18.5 Å². The van der Waals surface area contributed by atoms with Crippen LogP contribution in [0.4, 0.5) is 5.69 Å². The molecule has 0 spiro atoms. The zero-order valence-electron chi connectivity index (χ0n) is 18.5. The molecule has 0 radical (unpaired) electrons. The zero-order chi connectivity index (χ0) is 24.2. The molecule has 0 bridgehead atoms. The fourth-order valence-electron chi connectivity index (χ4n) is 3.40. The Hall–Kier alpha value is -3.55. The molecule has 2 heterocycles. The molecule has 174 valence electrons. The van der Waals surface area contributed by atoms with Gasteiger partial charge in [-0.2, -0.15) is 5.10 Å².